The number of ether oxygens (including phenoxy) is 1. The van der Waals surface area contributed by atoms with E-state index in [2.05, 4.69) is 15.5 Å². The Balaban J connectivity index is 1.47. The van der Waals surface area contributed by atoms with Crippen LogP contribution in [-0.4, -0.2) is 22.7 Å². The Morgan fingerprint density at radius 2 is 1.77 bits per heavy atom. The van der Waals surface area contributed by atoms with Crippen LogP contribution >= 0.6 is 11.6 Å². The third kappa shape index (κ3) is 4.67. The summed E-state index contributed by atoms with van der Waals surface area (Å²) in [4.78, 5) is 16.7. The van der Waals surface area contributed by atoms with Crippen LogP contribution in [0.1, 0.15) is 5.56 Å². The van der Waals surface area contributed by atoms with Crippen LogP contribution in [0.3, 0.4) is 0 Å². The van der Waals surface area contributed by atoms with Crippen molar-refractivity contribution in [3.63, 3.8) is 0 Å². The number of aryl methyl sites for hydroxylation is 1. The van der Waals surface area contributed by atoms with Crippen molar-refractivity contribution in [1.82, 2.24) is 10.1 Å². The fourth-order valence-electron chi connectivity index (χ4n) is 2.80. The molecule has 0 saturated carbocycles. The number of nitrogens with zero attached hydrogens (tertiary/aromatic N) is 2. The van der Waals surface area contributed by atoms with Gasteiger partial charge in [-0.2, -0.15) is 4.98 Å². The van der Waals surface area contributed by atoms with Crippen LogP contribution in [0, 0.1) is 6.92 Å². The number of carbonyl (C=O) groups is 1. The second-order valence-electron chi connectivity index (χ2n) is 6.63. The Labute approximate surface area is 178 Å². The first-order chi connectivity index (χ1) is 14.6. The van der Waals surface area contributed by atoms with Gasteiger partial charge in [-0.15, -0.1) is 0 Å². The molecule has 0 spiro atoms. The first-order valence-electron chi connectivity index (χ1n) is 9.27. The summed E-state index contributed by atoms with van der Waals surface area (Å²) in [7, 11) is 0. The van der Waals surface area contributed by atoms with Gasteiger partial charge in [0.15, 0.2) is 6.61 Å². The van der Waals surface area contributed by atoms with Gasteiger partial charge in [0.25, 0.3) is 11.8 Å². The topological polar surface area (TPSA) is 77.2 Å². The van der Waals surface area contributed by atoms with E-state index in [1.807, 2.05) is 49.4 Å². The van der Waals surface area contributed by atoms with Gasteiger partial charge < -0.3 is 14.6 Å². The smallest absolute Gasteiger partial charge is 0.262 e. The molecule has 1 heterocycles. The summed E-state index contributed by atoms with van der Waals surface area (Å²) in [5.41, 5.74) is 3.23. The van der Waals surface area contributed by atoms with Crippen LogP contribution in [0.25, 0.3) is 22.8 Å². The van der Waals surface area contributed by atoms with E-state index in [0.717, 1.165) is 11.1 Å². The maximum atomic E-state index is 12.2. The Hall–Kier alpha value is -3.64. The number of carbonyl (C=O) groups excluding carboxylic acids is 1. The molecular weight excluding hydrogens is 402 g/mol. The predicted octanol–water partition coefficient (Wildman–Crippen LogP) is 5.38. The zero-order chi connectivity index (χ0) is 20.9. The van der Waals surface area contributed by atoms with E-state index in [1.54, 1.807) is 30.3 Å². The van der Waals surface area contributed by atoms with Crippen LogP contribution < -0.4 is 10.1 Å². The lowest BCUT2D eigenvalue weighted by Crippen LogP contribution is -2.20. The summed E-state index contributed by atoms with van der Waals surface area (Å²) < 4.78 is 11.1. The van der Waals surface area contributed by atoms with Gasteiger partial charge in [0.1, 0.15) is 5.75 Å². The minimum absolute atomic E-state index is 0.146. The van der Waals surface area contributed by atoms with E-state index in [-0.39, 0.29) is 12.5 Å². The van der Waals surface area contributed by atoms with Crippen molar-refractivity contribution in [3.05, 3.63) is 83.4 Å². The highest BCUT2D eigenvalue weighted by molar-refractivity contribution is 6.30. The van der Waals surface area contributed by atoms with Gasteiger partial charge in [0.2, 0.25) is 5.82 Å². The maximum absolute atomic E-state index is 12.2. The monoisotopic (exact) mass is 419 g/mol. The summed E-state index contributed by atoms with van der Waals surface area (Å²) in [6.07, 6.45) is 0. The van der Waals surface area contributed by atoms with Crippen molar-refractivity contribution in [2.75, 3.05) is 11.9 Å². The minimum atomic E-state index is -0.261. The molecule has 0 unspecified atom stereocenters. The quantitative estimate of drug-likeness (QED) is 0.453. The fraction of sp³-hybridized carbons (Fsp3) is 0.0870. The zero-order valence-electron chi connectivity index (χ0n) is 16.1. The Morgan fingerprint density at radius 3 is 2.53 bits per heavy atom. The standard InChI is InChI=1S/C23H18ClN3O3/c1-15-6-12-18(13-7-15)25-21(28)14-29-20-5-3-2-4-19(20)22-26-23(30-27-22)16-8-10-17(24)11-9-16/h2-13H,14H2,1H3,(H,25,28). The molecule has 0 fully saturated rings. The van der Waals surface area contributed by atoms with Crippen molar-refractivity contribution >= 4 is 23.2 Å². The first kappa shape index (κ1) is 19.7. The molecule has 0 aliphatic carbocycles. The first-order valence-corrected chi connectivity index (χ1v) is 9.65. The molecule has 1 amide bonds. The van der Waals surface area contributed by atoms with E-state index in [9.17, 15) is 4.79 Å². The molecular formula is C23H18ClN3O3. The molecule has 1 aromatic heterocycles. The lowest BCUT2D eigenvalue weighted by Gasteiger charge is -2.10. The third-order valence-corrected chi connectivity index (χ3v) is 4.59. The van der Waals surface area contributed by atoms with Crippen LogP contribution in [0.15, 0.2) is 77.3 Å². The van der Waals surface area contributed by atoms with Crippen molar-refractivity contribution < 1.29 is 14.1 Å². The SMILES string of the molecule is Cc1ccc(NC(=O)COc2ccccc2-c2noc(-c3ccc(Cl)cc3)n2)cc1. The van der Waals surface area contributed by atoms with Gasteiger partial charge in [0, 0.05) is 16.3 Å². The maximum Gasteiger partial charge on any atom is 0.262 e. The van der Waals surface area contributed by atoms with E-state index in [1.165, 1.54) is 0 Å². The molecule has 30 heavy (non-hydrogen) atoms. The van der Waals surface area contributed by atoms with Gasteiger partial charge in [0.05, 0.1) is 5.56 Å². The van der Waals surface area contributed by atoms with Crippen LogP contribution in [0.2, 0.25) is 5.02 Å². The highest BCUT2D eigenvalue weighted by Crippen LogP contribution is 2.30. The molecule has 0 bridgehead atoms. The number of benzene rings is 3. The Bertz CT molecular complexity index is 1160. The molecule has 0 aliphatic heterocycles. The lowest BCUT2D eigenvalue weighted by atomic mass is 10.2. The molecule has 6 nitrogen and oxygen atoms in total. The highest BCUT2D eigenvalue weighted by Gasteiger charge is 2.15. The van der Waals surface area contributed by atoms with Crippen LogP contribution in [0.5, 0.6) is 5.75 Å². The summed E-state index contributed by atoms with van der Waals surface area (Å²) >= 11 is 5.92. The van der Waals surface area contributed by atoms with Gasteiger partial charge in [-0.1, -0.05) is 46.6 Å². The fourth-order valence-corrected chi connectivity index (χ4v) is 2.92. The molecule has 0 aliphatic rings. The van der Waals surface area contributed by atoms with E-state index < -0.39 is 0 Å². The number of amides is 1. The zero-order valence-corrected chi connectivity index (χ0v) is 16.9. The number of anilines is 1. The summed E-state index contributed by atoms with van der Waals surface area (Å²) in [6, 6.07) is 21.9. The molecule has 4 rings (SSSR count). The van der Waals surface area contributed by atoms with Gasteiger partial charge in [-0.25, -0.2) is 0 Å². The lowest BCUT2D eigenvalue weighted by molar-refractivity contribution is -0.118. The highest BCUT2D eigenvalue weighted by atomic mass is 35.5. The molecule has 0 saturated heterocycles. The summed E-state index contributed by atoms with van der Waals surface area (Å²) in [6.45, 7) is 1.84. The van der Waals surface area contributed by atoms with E-state index in [0.29, 0.717) is 33.7 Å². The molecule has 3 aromatic carbocycles. The summed E-state index contributed by atoms with van der Waals surface area (Å²) in [5.74, 6) is 0.965. The van der Waals surface area contributed by atoms with Crippen LogP contribution in [-0.2, 0) is 4.79 Å². The number of para-hydroxylation sites is 1. The second-order valence-corrected chi connectivity index (χ2v) is 7.07. The van der Waals surface area contributed by atoms with Crippen LogP contribution in [0.4, 0.5) is 5.69 Å². The number of hydrogen-bond acceptors (Lipinski definition) is 5. The Morgan fingerprint density at radius 1 is 1.03 bits per heavy atom. The van der Waals surface area contributed by atoms with Gasteiger partial charge in [-0.05, 0) is 55.5 Å². The predicted molar refractivity (Wildman–Crippen MR) is 115 cm³/mol. The number of nitrogens with one attached hydrogen (secondary N) is 1. The third-order valence-electron chi connectivity index (χ3n) is 4.34. The summed E-state index contributed by atoms with van der Waals surface area (Å²) in [5, 5.41) is 7.48. The van der Waals surface area contributed by atoms with Gasteiger partial charge in [-0.3, -0.25) is 4.79 Å². The van der Waals surface area contributed by atoms with E-state index in [4.69, 9.17) is 20.9 Å². The van der Waals surface area contributed by atoms with Gasteiger partial charge >= 0.3 is 0 Å². The minimum Gasteiger partial charge on any atom is -0.483 e. The van der Waals surface area contributed by atoms with Crippen molar-refractivity contribution in [3.8, 4) is 28.6 Å². The largest absolute Gasteiger partial charge is 0.483 e. The average molecular weight is 420 g/mol. The molecule has 150 valence electrons. The van der Waals surface area contributed by atoms with Crippen molar-refractivity contribution in [1.29, 1.82) is 0 Å². The number of halogens is 1. The number of aromatic nitrogens is 2. The normalized spacial score (nSPS) is 10.6. The molecule has 4 aromatic rings. The van der Waals surface area contributed by atoms with E-state index >= 15 is 0 Å². The second kappa shape index (κ2) is 8.80. The number of rotatable bonds is 6. The van der Waals surface area contributed by atoms with Crippen molar-refractivity contribution in [2.24, 2.45) is 0 Å². The van der Waals surface area contributed by atoms with Crippen molar-refractivity contribution in [2.45, 2.75) is 6.92 Å². The Kier molecular flexibility index (Phi) is 5.77. The number of hydrogen-bond donors (Lipinski definition) is 1. The molecule has 7 heteroatoms. The molecule has 0 radical (unpaired) electrons. The average Bonchev–Trinajstić information content (AvgIpc) is 3.25. The molecule has 0 atom stereocenters. The molecule has 1 N–H and O–H groups in total.